The van der Waals surface area contributed by atoms with Gasteiger partial charge in [-0.2, -0.15) is 4.98 Å². The quantitative estimate of drug-likeness (QED) is 0.695. The molecule has 1 amide bonds. The standard InChI is InChI=1S/C23H28N6O2/c1-27-12-14-28(15-13-27)21-7-6-18(16-24-21)25-22(30)17-8-10-29(11-9-17)23-26-19-4-2-3-5-20(19)31-23/h2-7,16-17H,8-15H2,1H3,(H,25,30). The van der Waals surface area contributed by atoms with Crippen molar-refractivity contribution < 1.29 is 9.21 Å². The van der Waals surface area contributed by atoms with Crippen LogP contribution in [0.5, 0.6) is 0 Å². The van der Waals surface area contributed by atoms with Crippen LogP contribution in [-0.2, 0) is 4.79 Å². The number of para-hydroxylation sites is 2. The first-order chi connectivity index (χ1) is 15.2. The Morgan fingerprint density at radius 3 is 2.48 bits per heavy atom. The van der Waals surface area contributed by atoms with Crippen LogP contribution in [0, 0.1) is 5.92 Å². The summed E-state index contributed by atoms with van der Waals surface area (Å²) in [6.07, 6.45) is 3.31. The Kier molecular flexibility index (Phi) is 5.46. The number of piperazine rings is 1. The Morgan fingerprint density at radius 2 is 1.77 bits per heavy atom. The topological polar surface area (TPSA) is 77.7 Å². The van der Waals surface area contributed by atoms with Crippen LogP contribution in [0.1, 0.15) is 12.8 Å². The summed E-state index contributed by atoms with van der Waals surface area (Å²) in [7, 11) is 2.14. The number of piperidine rings is 1. The molecule has 3 aromatic rings. The molecule has 0 aliphatic carbocycles. The molecule has 2 aliphatic heterocycles. The Bertz CT molecular complexity index is 1000. The van der Waals surface area contributed by atoms with Crippen LogP contribution >= 0.6 is 0 Å². The number of nitrogens with zero attached hydrogens (tertiary/aromatic N) is 5. The zero-order chi connectivity index (χ0) is 21.2. The third-order valence-corrected chi connectivity index (χ3v) is 6.26. The molecule has 31 heavy (non-hydrogen) atoms. The lowest BCUT2D eigenvalue weighted by molar-refractivity contribution is -0.120. The maximum Gasteiger partial charge on any atom is 0.298 e. The SMILES string of the molecule is CN1CCN(c2ccc(NC(=O)C3CCN(c4nc5ccccc5o4)CC3)cn2)CC1. The molecule has 0 bridgehead atoms. The number of oxazole rings is 1. The summed E-state index contributed by atoms with van der Waals surface area (Å²) in [4.78, 5) is 28.6. The number of rotatable bonds is 4. The van der Waals surface area contributed by atoms with E-state index in [1.807, 2.05) is 36.4 Å². The van der Waals surface area contributed by atoms with Crippen molar-refractivity contribution in [2.24, 2.45) is 5.92 Å². The highest BCUT2D eigenvalue weighted by atomic mass is 16.4. The van der Waals surface area contributed by atoms with Crippen molar-refractivity contribution in [2.45, 2.75) is 12.8 Å². The fraction of sp³-hybridized carbons (Fsp3) is 0.435. The lowest BCUT2D eigenvalue weighted by Crippen LogP contribution is -2.44. The highest BCUT2D eigenvalue weighted by Gasteiger charge is 2.27. The molecule has 0 atom stereocenters. The summed E-state index contributed by atoms with van der Waals surface area (Å²) in [6.45, 7) is 5.56. The molecular formula is C23H28N6O2. The van der Waals surface area contributed by atoms with Gasteiger partial charge in [0.1, 0.15) is 11.3 Å². The molecule has 0 radical (unpaired) electrons. The molecule has 0 spiro atoms. The van der Waals surface area contributed by atoms with Gasteiger partial charge in [-0.3, -0.25) is 4.79 Å². The van der Waals surface area contributed by atoms with Gasteiger partial charge < -0.3 is 24.4 Å². The average molecular weight is 421 g/mol. The normalized spacial score (nSPS) is 18.5. The number of fused-ring (bicyclic) bond motifs is 1. The van der Waals surface area contributed by atoms with Gasteiger partial charge in [-0.25, -0.2) is 4.98 Å². The predicted octanol–water partition coefficient (Wildman–Crippen LogP) is 2.83. The van der Waals surface area contributed by atoms with Crippen molar-refractivity contribution in [3.05, 3.63) is 42.6 Å². The Hall–Kier alpha value is -3.13. The Balaban J connectivity index is 1.14. The van der Waals surface area contributed by atoms with Crippen molar-refractivity contribution in [3.63, 3.8) is 0 Å². The minimum Gasteiger partial charge on any atom is -0.423 e. The van der Waals surface area contributed by atoms with Crippen LogP contribution in [-0.4, -0.2) is 67.1 Å². The molecule has 0 unspecified atom stereocenters. The van der Waals surface area contributed by atoms with Gasteiger partial charge in [-0.05, 0) is 44.2 Å². The molecule has 8 nitrogen and oxygen atoms in total. The number of carbonyl (C=O) groups excluding carboxylic acids is 1. The molecule has 0 saturated carbocycles. The van der Waals surface area contributed by atoms with E-state index in [0.29, 0.717) is 6.01 Å². The van der Waals surface area contributed by atoms with E-state index in [1.165, 1.54) is 0 Å². The van der Waals surface area contributed by atoms with Crippen LogP contribution in [0.25, 0.3) is 11.1 Å². The number of nitrogens with one attached hydrogen (secondary N) is 1. The first-order valence-corrected chi connectivity index (χ1v) is 11.0. The molecule has 5 rings (SSSR count). The number of hydrogen-bond acceptors (Lipinski definition) is 7. The van der Waals surface area contributed by atoms with Gasteiger partial charge in [0.05, 0.1) is 11.9 Å². The number of hydrogen-bond donors (Lipinski definition) is 1. The van der Waals surface area contributed by atoms with E-state index in [-0.39, 0.29) is 11.8 Å². The van der Waals surface area contributed by atoms with Gasteiger partial charge >= 0.3 is 0 Å². The molecule has 2 aromatic heterocycles. The number of aromatic nitrogens is 2. The van der Waals surface area contributed by atoms with Crippen LogP contribution in [0.15, 0.2) is 47.0 Å². The molecule has 1 N–H and O–H groups in total. The van der Waals surface area contributed by atoms with Crippen molar-refractivity contribution in [1.82, 2.24) is 14.9 Å². The van der Waals surface area contributed by atoms with Crippen LogP contribution < -0.4 is 15.1 Å². The lowest BCUT2D eigenvalue weighted by Gasteiger charge is -2.33. The van der Waals surface area contributed by atoms with E-state index in [1.54, 1.807) is 6.20 Å². The first kappa shape index (κ1) is 19.8. The number of anilines is 3. The zero-order valence-electron chi connectivity index (χ0n) is 17.8. The van der Waals surface area contributed by atoms with Gasteiger partial charge in [0.25, 0.3) is 6.01 Å². The molecule has 2 saturated heterocycles. The van der Waals surface area contributed by atoms with Gasteiger partial charge in [-0.1, -0.05) is 12.1 Å². The fourth-order valence-electron chi connectivity index (χ4n) is 4.26. The maximum absolute atomic E-state index is 12.8. The lowest BCUT2D eigenvalue weighted by atomic mass is 9.96. The van der Waals surface area contributed by atoms with E-state index < -0.39 is 0 Å². The number of carbonyl (C=O) groups is 1. The summed E-state index contributed by atoms with van der Waals surface area (Å²) in [5.41, 5.74) is 2.42. The van der Waals surface area contributed by atoms with E-state index in [4.69, 9.17) is 4.42 Å². The van der Waals surface area contributed by atoms with Crippen LogP contribution in [0.4, 0.5) is 17.5 Å². The molecule has 2 fully saturated rings. The van der Waals surface area contributed by atoms with Crippen molar-refractivity contribution >= 4 is 34.5 Å². The smallest absolute Gasteiger partial charge is 0.298 e. The third-order valence-electron chi connectivity index (χ3n) is 6.26. The summed E-state index contributed by atoms with van der Waals surface area (Å²) >= 11 is 0. The second kappa shape index (κ2) is 8.55. The van der Waals surface area contributed by atoms with E-state index in [0.717, 1.165) is 74.7 Å². The second-order valence-corrected chi connectivity index (χ2v) is 8.41. The summed E-state index contributed by atoms with van der Waals surface area (Å²) in [5.74, 6) is 1.02. The highest BCUT2D eigenvalue weighted by Crippen LogP contribution is 2.27. The Labute approximate surface area is 181 Å². The van der Waals surface area contributed by atoms with Crippen molar-refractivity contribution in [1.29, 1.82) is 0 Å². The molecule has 2 aliphatic rings. The predicted molar refractivity (Wildman–Crippen MR) is 122 cm³/mol. The van der Waals surface area contributed by atoms with E-state index in [2.05, 4.69) is 37.0 Å². The highest BCUT2D eigenvalue weighted by molar-refractivity contribution is 5.92. The summed E-state index contributed by atoms with van der Waals surface area (Å²) < 4.78 is 5.87. The summed E-state index contributed by atoms with van der Waals surface area (Å²) in [6, 6.07) is 12.4. The monoisotopic (exact) mass is 420 g/mol. The largest absolute Gasteiger partial charge is 0.423 e. The van der Waals surface area contributed by atoms with Crippen LogP contribution in [0.2, 0.25) is 0 Å². The molecule has 162 valence electrons. The minimum absolute atomic E-state index is 0.0158. The maximum atomic E-state index is 12.8. The van der Waals surface area contributed by atoms with Gasteiger partial charge in [-0.15, -0.1) is 0 Å². The number of likely N-dealkylation sites (N-methyl/N-ethyl adjacent to an activating group) is 1. The molecule has 1 aromatic carbocycles. The first-order valence-electron chi connectivity index (χ1n) is 11.0. The van der Waals surface area contributed by atoms with Crippen LogP contribution in [0.3, 0.4) is 0 Å². The number of amides is 1. The molecule has 4 heterocycles. The van der Waals surface area contributed by atoms with E-state index in [9.17, 15) is 4.79 Å². The third kappa shape index (κ3) is 4.34. The fourth-order valence-corrected chi connectivity index (χ4v) is 4.26. The van der Waals surface area contributed by atoms with Crippen molar-refractivity contribution in [3.8, 4) is 0 Å². The number of pyridine rings is 1. The second-order valence-electron chi connectivity index (χ2n) is 8.41. The molecule has 8 heteroatoms. The average Bonchev–Trinajstić information content (AvgIpc) is 3.25. The minimum atomic E-state index is -0.0158. The number of benzene rings is 1. The van der Waals surface area contributed by atoms with Gasteiger partial charge in [0, 0.05) is 45.2 Å². The van der Waals surface area contributed by atoms with Crippen molar-refractivity contribution in [2.75, 3.05) is 61.4 Å². The van der Waals surface area contributed by atoms with Gasteiger partial charge in [0.2, 0.25) is 5.91 Å². The Morgan fingerprint density at radius 1 is 1.00 bits per heavy atom. The van der Waals surface area contributed by atoms with E-state index >= 15 is 0 Å². The van der Waals surface area contributed by atoms with Gasteiger partial charge in [0.15, 0.2) is 5.58 Å². The zero-order valence-corrected chi connectivity index (χ0v) is 17.8. The molecular weight excluding hydrogens is 392 g/mol. The summed E-state index contributed by atoms with van der Waals surface area (Å²) in [5, 5.41) is 3.04.